The summed E-state index contributed by atoms with van der Waals surface area (Å²) in [5, 5.41) is 8.89. The number of anilines is 1. The predicted octanol–water partition coefficient (Wildman–Crippen LogP) is 3.77. The van der Waals surface area contributed by atoms with Crippen molar-refractivity contribution in [3.05, 3.63) is 5.01 Å². The lowest BCUT2D eigenvalue weighted by atomic mass is 9.89. The Kier molecular flexibility index (Phi) is 4.32. The number of hydrogen-bond donors (Lipinski definition) is 1. The van der Waals surface area contributed by atoms with Crippen molar-refractivity contribution in [1.29, 1.82) is 0 Å². The third-order valence-corrected chi connectivity index (χ3v) is 4.50. The van der Waals surface area contributed by atoms with E-state index in [2.05, 4.69) is 15.5 Å². The second-order valence-corrected chi connectivity index (χ2v) is 5.89. The molecule has 3 nitrogen and oxygen atoms in total. The van der Waals surface area contributed by atoms with Crippen molar-refractivity contribution in [2.75, 3.05) is 11.9 Å². The summed E-state index contributed by atoms with van der Waals surface area (Å²) in [6.07, 6.45) is -0.192. The first-order valence-electron chi connectivity index (χ1n) is 5.75. The molecule has 2 atom stereocenters. The van der Waals surface area contributed by atoms with Gasteiger partial charge in [-0.2, -0.15) is 13.2 Å². The minimum atomic E-state index is -4.42. The number of nitrogens with one attached hydrogen (secondary N) is 1. The van der Waals surface area contributed by atoms with E-state index in [0.29, 0.717) is 23.8 Å². The van der Waals surface area contributed by atoms with Crippen LogP contribution in [0, 0.1) is 5.92 Å². The molecule has 0 saturated heterocycles. The van der Waals surface area contributed by atoms with Crippen molar-refractivity contribution < 1.29 is 13.2 Å². The lowest BCUT2D eigenvalue weighted by Crippen LogP contribution is -2.26. The van der Waals surface area contributed by atoms with E-state index in [1.54, 1.807) is 0 Å². The number of rotatable bonds is 3. The summed E-state index contributed by atoms with van der Waals surface area (Å²) < 4.78 is 37.0. The monoisotopic (exact) mass is 299 g/mol. The van der Waals surface area contributed by atoms with Gasteiger partial charge in [-0.3, -0.25) is 0 Å². The summed E-state index contributed by atoms with van der Waals surface area (Å²) >= 11 is 6.70. The Morgan fingerprint density at radius 3 is 2.61 bits per heavy atom. The standard InChI is InChI=1S/C10H13ClF3N3S/c11-7-4-2-1-3-6(7)5-15-9-17-16-8(18-9)10(12,13)14/h6-7H,1-5H2,(H,15,17). The van der Waals surface area contributed by atoms with Gasteiger partial charge in [-0.05, 0) is 18.8 Å². The van der Waals surface area contributed by atoms with E-state index in [1.807, 2.05) is 0 Å². The van der Waals surface area contributed by atoms with Crippen molar-refractivity contribution in [3.63, 3.8) is 0 Å². The van der Waals surface area contributed by atoms with Gasteiger partial charge in [-0.1, -0.05) is 24.2 Å². The first-order valence-corrected chi connectivity index (χ1v) is 7.01. The summed E-state index contributed by atoms with van der Waals surface area (Å²) in [6.45, 7) is 0.556. The highest BCUT2D eigenvalue weighted by Gasteiger charge is 2.35. The molecule has 0 aliphatic heterocycles. The van der Waals surface area contributed by atoms with Crippen LogP contribution < -0.4 is 5.32 Å². The molecule has 1 aromatic rings. The van der Waals surface area contributed by atoms with E-state index in [9.17, 15) is 13.2 Å². The summed E-state index contributed by atoms with van der Waals surface area (Å²) in [5.41, 5.74) is 0. The van der Waals surface area contributed by atoms with E-state index in [4.69, 9.17) is 11.6 Å². The number of nitrogens with zero attached hydrogens (tertiary/aromatic N) is 2. The van der Waals surface area contributed by atoms with Crippen LogP contribution >= 0.6 is 22.9 Å². The maximum Gasteiger partial charge on any atom is 0.445 e. The van der Waals surface area contributed by atoms with Crippen LogP contribution in [0.15, 0.2) is 0 Å². The zero-order chi connectivity index (χ0) is 13.2. The van der Waals surface area contributed by atoms with Crippen LogP contribution in [0.25, 0.3) is 0 Å². The molecule has 1 heterocycles. The molecule has 0 radical (unpaired) electrons. The highest BCUT2D eigenvalue weighted by Crippen LogP contribution is 2.34. The average molecular weight is 300 g/mol. The Bertz CT molecular complexity index is 396. The van der Waals surface area contributed by atoms with E-state index in [1.165, 1.54) is 0 Å². The van der Waals surface area contributed by atoms with Gasteiger partial charge in [0.05, 0.1) is 0 Å². The first kappa shape index (κ1) is 13.9. The number of halogens is 4. The molecule has 8 heteroatoms. The fraction of sp³-hybridized carbons (Fsp3) is 0.800. The van der Waals surface area contributed by atoms with E-state index >= 15 is 0 Å². The summed E-state index contributed by atoms with van der Waals surface area (Å²) in [6, 6.07) is 0. The van der Waals surface area contributed by atoms with Crippen LogP contribution in [0.3, 0.4) is 0 Å². The number of alkyl halides is 4. The Balaban J connectivity index is 1.88. The first-order chi connectivity index (χ1) is 8.47. The Morgan fingerprint density at radius 1 is 1.28 bits per heavy atom. The molecule has 18 heavy (non-hydrogen) atoms. The van der Waals surface area contributed by atoms with Gasteiger partial charge in [0, 0.05) is 11.9 Å². The lowest BCUT2D eigenvalue weighted by molar-refractivity contribution is -0.138. The fourth-order valence-electron chi connectivity index (χ4n) is 2.02. The molecule has 0 aromatic carbocycles. The SMILES string of the molecule is FC(F)(F)c1nnc(NCC2CCCCC2Cl)s1. The molecule has 1 saturated carbocycles. The molecular formula is C10H13ClF3N3S. The molecule has 0 bridgehead atoms. The Hall–Kier alpha value is -0.560. The van der Waals surface area contributed by atoms with Crippen LogP contribution in [0.4, 0.5) is 18.3 Å². The molecule has 0 spiro atoms. The Morgan fingerprint density at radius 2 is 2.00 bits per heavy atom. The highest BCUT2D eigenvalue weighted by molar-refractivity contribution is 7.15. The van der Waals surface area contributed by atoms with Crippen molar-refractivity contribution in [2.45, 2.75) is 37.2 Å². The second-order valence-electron chi connectivity index (χ2n) is 4.35. The van der Waals surface area contributed by atoms with E-state index in [-0.39, 0.29) is 10.5 Å². The van der Waals surface area contributed by atoms with Gasteiger partial charge in [0.25, 0.3) is 0 Å². The van der Waals surface area contributed by atoms with E-state index in [0.717, 1.165) is 25.7 Å². The molecule has 1 aliphatic carbocycles. The van der Waals surface area contributed by atoms with Gasteiger partial charge in [-0.15, -0.1) is 21.8 Å². The predicted molar refractivity (Wildman–Crippen MR) is 65.0 cm³/mol. The quantitative estimate of drug-likeness (QED) is 0.864. The number of hydrogen-bond acceptors (Lipinski definition) is 4. The van der Waals surface area contributed by atoms with Gasteiger partial charge in [0.15, 0.2) is 0 Å². The van der Waals surface area contributed by atoms with Crippen LogP contribution in [-0.2, 0) is 6.18 Å². The lowest BCUT2D eigenvalue weighted by Gasteiger charge is -2.26. The van der Waals surface area contributed by atoms with Crippen LogP contribution in [-0.4, -0.2) is 22.1 Å². The third-order valence-electron chi connectivity index (χ3n) is 3.00. The molecule has 102 valence electrons. The second kappa shape index (κ2) is 5.61. The van der Waals surface area contributed by atoms with Crippen molar-refractivity contribution >= 4 is 28.1 Å². The van der Waals surface area contributed by atoms with Gasteiger partial charge in [0.1, 0.15) is 0 Å². The average Bonchev–Trinajstić information content (AvgIpc) is 2.76. The summed E-state index contributed by atoms with van der Waals surface area (Å²) in [7, 11) is 0. The van der Waals surface area contributed by atoms with Crippen molar-refractivity contribution in [1.82, 2.24) is 10.2 Å². The summed E-state index contributed by atoms with van der Waals surface area (Å²) in [5.74, 6) is 0.290. The smallest absolute Gasteiger partial charge is 0.360 e. The maximum atomic E-state index is 12.3. The molecule has 2 rings (SSSR count). The molecular weight excluding hydrogens is 287 g/mol. The van der Waals surface area contributed by atoms with Gasteiger partial charge >= 0.3 is 6.18 Å². The molecule has 1 fully saturated rings. The molecule has 1 aromatic heterocycles. The maximum absolute atomic E-state index is 12.3. The highest BCUT2D eigenvalue weighted by atomic mass is 35.5. The van der Waals surface area contributed by atoms with Crippen LogP contribution in [0.5, 0.6) is 0 Å². The largest absolute Gasteiger partial charge is 0.445 e. The molecule has 0 amide bonds. The van der Waals surface area contributed by atoms with Crippen molar-refractivity contribution in [2.24, 2.45) is 5.92 Å². The van der Waals surface area contributed by atoms with Gasteiger partial charge in [0.2, 0.25) is 10.1 Å². The Labute approximate surface area is 112 Å². The van der Waals surface area contributed by atoms with Crippen molar-refractivity contribution in [3.8, 4) is 0 Å². The minimum absolute atomic E-state index is 0.0984. The molecule has 1 N–H and O–H groups in total. The zero-order valence-electron chi connectivity index (χ0n) is 9.50. The normalized spacial score (nSPS) is 25.1. The number of aromatic nitrogens is 2. The summed E-state index contributed by atoms with van der Waals surface area (Å²) in [4.78, 5) is 0. The topological polar surface area (TPSA) is 37.8 Å². The zero-order valence-corrected chi connectivity index (χ0v) is 11.1. The third kappa shape index (κ3) is 3.47. The molecule has 2 unspecified atom stereocenters. The molecule has 1 aliphatic rings. The minimum Gasteiger partial charge on any atom is -0.360 e. The van der Waals surface area contributed by atoms with Crippen LogP contribution in [0.2, 0.25) is 0 Å². The van der Waals surface area contributed by atoms with Gasteiger partial charge in [-0.25, -0.2) is 0 Å². The fourth-order valence-corrected chi connectivity index (χ4v) is 3.01. The van der Waals surface area contributed by atoms with Gasteiger partial charge < -0.3 is 5.32 Å². The van der Waals surface area contributed by atoms with Crippen LogP contribution in [0.1, 0.15) is 30.7 Å². The van der Waals surface area contributed by atoms with E-state index < -0.39 is 11.2 Å².